The highest BCUT2D eigenvalue weighted by Gasteiger charge is 2.27. The monoisotopic (exact) mass is 261 g/mol. The Hall–Kier alpha value is -1.74. The van der Waals surface area contributed by atoms with Crippen molar-refractivity contribution in [3.8, 4) is 0 Å². The van der Waals surface area contributed by atoms with E-state index in [9.17, 15) is 8.78 Å². The average molecular weight is 261 g/mol. The molecule has 0 aliphatic carbocycles. The Bertz CT molecular complexity index is 598. The van der Waals surface area contributed by atoms with Crippen molar-refractivity contribution in [3.63, 3.8) is 0 Å². The normalized spacial score (nSPS) is 14.2. The van der Waals surface area contributed by atoms with Gasteiger partial charge in [0.15, 0.2) is 0 Å². The number of nitrogens with two attached hydrogens (primary N) is 1. The van der Waals surface area contributed by atoms with Gasteiger partial charge in [-0.15, -0.1) is 0 Å². The summed E-state index contributed by atoms with van der Waals surface area (Å²) in [5.41, 5.74) is 8.85. The maximum absolute atomic E-state index is 13.4. The quantitative estimate of drug-likeness (QED) is 0.874. The number of halogens is 2. The van der Waals surface area contributed by atoms with Gasteiger partial charge >= 0.3 is 0 Å². The van der Waals surface area contributed by atoms with Crippen LogP contribution in [0, 0.1) is 25.5 Å². The fourth-order valence-electron chi connectivity index (χ4n) is 2.32. The minimum atomic E-state index is -0.932. The van der Waals surface area contributed by atoms with Gasteiger partial charge < -0.3 is 5.73 Å². The van der Waals surface area contributed by atoms with Crippen LogP contribution in [0.4, 0.5) is 8.78 Å². The molecule has 19 heavy (non-hydrogen) atoms. The Morgan fingerprint density at radius 1 is 1.00 bits per heavy atom. The second-order valence-electron chi connectivity index (χ2n) is 5.11. The van der Waals surface area contributed by atoms with Gasteiger partial charge in [0, 0.05) is 6.07 Å². The highest BCUT2D eigenvalue weighted by Crippen LogP contribution is 2.31. The molecule has 0 aliphatic rings. The molecule has 0 aliphatic heterocycles. The Morgan fingerprint density at radius 2 is 1.58 bits per heavy atom. The van der Waals surface area contributed by atoms with E-state index < -0.39 is 17.2 Å². The third-order valence-electron chi connectivity index (χ3n) is 3.63. The number of aryl methyl sites for hydroxylation is 1. The topological polar surface area (TPSA) is 26.0 Å². The molecule has 0 bridgehead atoms. The second-order valence-corrected chi connectivity index (χ2v) is 5.11. The van der Waals surface area contributed by atoms with E-state index in [2.05, 4.69) is 0 Å². The minimum Gasteiger partial charge on any atom is -0.318 e. The molecule has 0 spiro atoms. The lowest BCUT2D eigenvalue weighted by Gasteiger charge is -2.28. The molecule has 1 atom stereocenters. The van der Waals surface area contributed by atoms with Gasteiger partial charge in [-0.2, -0.15) is 0 Å². The molecule has 2 aromatic rings. The van der Waals surface area contributed by atoms with Crippen molar-refractivity contribution in [2.24, 2.45) is 5.73 Å². The first-order valence-electron chi connectivity index (χ1n) is 6.14. The lowest BCUT2D eigenvalue weighted by atomic mass is 9.82. The Labute approximate surface area is 112 Å². The van der Waals surface area contributed by atoms with Gasteiger partial charge in [-0.25, -0.2) is 8.78 Å². The molecule has 3 heteroatoms. The Morgan fingerprint density at radius 3 is 2.16 bits per heavy atom. The van der Waals surface area contributed by atoms with Crippen molar-refractivity contribution >= 4 is 0 Å². The molecule has 2 N–H and O–H groups in total. The summed E-state index contributed by atoms with van der Waals surface area (Å²) in [5.74, 6) is -1.23. The second kappa shape index (κ2) is 4.74. The SMILES string of the molecule is Cc1cccc(C(C)(N)c2cc(F)cc(F)c2)c1C. The van der Waals surface area contributed by atoms with E-state index in [0.717, 1.165) is 22.8 Å². The number of hydrogen-bond donors (Lipinski definition) is 1. The van der Waals surface area contributed by atoms with E-state index in [1.165, 1.54) is 12.1 Å². The van der Waals surface area contributed by atoms with Crippen LogP contribution in [0.1, 0.15) is 29.2 Å². The summed E-state index contributed by atoms with van der Waals surface area (Å²) in [7, 11) is 0. The maximum atomic E-state index is 13.4. The highest BCUT2D eigenvalue weighted by atomic mass is 19.1. The van der Waals surface area contributed by atoms with Crippen LogP contribution in [0.2, 0.25) is 0 Å². The first kappa shape index (κ1) is 13.7. The smallest absolute Gasteiger partial charge is 0.126 e. The van der Waals surface area contributed by atoms with E-state index >= 15 is 0 Å². The molecule has 0 heterocycles. The van der Waals surface area contributed by atoms with E-state index in [-0.39, 0.29) is 0 Å². The fraction of sp³-hybridized carbons (Fsp3) is 0.250. The summed E-state index contributed by atoms with van der Waals surface area (Å²) in [6.45, 7) is 5.72. The van der Waals surface area contributed by atoms with Gasteiger partial charge in [-0.1, -0.05) is 18.2 Å². The molecule has 0 radical (unpaired) electrons. The van der Waals surface area contributed by atoms with Gasteiger partial charge in [0.05, 0.1) is 5.54 Å². The van der Waals surface area contributed by atoms with Crippen molar-refractivity contribution in [2.45, 2.75) is 26.3 Å². The molecule has 0 amide bonds. The molecular formula is C16H17F2N. The van der Waals surface area contributed by atoms with Gasteiger partial charge in [0.2, 0.25) is 0 Å². The molecule has 0 saturated heterocycles. The molecular weight excluding hydrogens is 244 g/mol. The first-order chi connectivity index (χ1) is 8.82. The summed E-state index contributed by atoms with van der Waals surface area (Å²) >= 11 is 0. The van der Waals surface area contributed by atoms with Crippen LogP contribution in [0.5, 0.6) is 0 Å². The van der Waals surface area contributed by atoms with E-state index in [1.54, 1.807) is 6.92 Å². The molecule has 0 saturated carbocycles. The Balaban J connectivity index is 2.61. The van der Waals surface area contributed by atoms with Crippen molar-refractivity contribution in [2.75, 3.05) is 0 Å². The molecule has 0 aromatic heterocycles. The largest absolute Gasteiger partial charge is 0.318 e. The number of hydrogen-bond acceptors (Lipinski definition) is 1. The van der Waals surface area contributed by atoms with Gasteiger partial charge in [-0.3, -0.25) is 0 Å². The zero-order chi connectivity index (χ0) is 14.2. The van der Waals surface area contributed by atoms with Crippen molar-refractivity contribution < 1.29 is 8.78 Å². The van der Waals surface area contributed by atoms with Crippen LogP contribution in [-0.4, -0.2) is 0 Å². The summed E-state index contributed by atoms with van der Waals surface area (Å²) < 4.78 is 26.7. The minimum absolute atomic E-state index is 0.429. The van der Waals surface area contributed by atoms with Crippen LogP contribution >= 0.6 is 0 Å². The number of rotatable bonds is 2. The molecule has 1 nitrogen and oxygen atoms in total. The molecule has 2 rings (SSSR count). The van der Waals surface area contributed by atoms with E-state index in [1.807, 2.05) is 32.0 Å². The summed E-state index contributed by atoms with van der Waals surface area (Å²) in [4.78, 5) is 0. The number of benzene rings is 2. The third kappa shape index (κ3) is 2.51. The predicted molar refractivity (Wildman–Crippen MR) is 72.9 cm³/mol. The van der Waals surface area contributed by atoms with Crippen LogP contribution < -0.4 is 5.73 Å². The molecule has 2 aromatic carbocycles. The zero-order valence-corrected chi connectivity index (χ0v) is 11.3. The molecule has 0 fully saturated rings. The predicted octanol–water partition coefficient (Wildman–Crippen LogP) is 3.80. The maximum Gasteiger partial charge on any atom is 0.126 e. The summed E-state index contributed by atoms with van der Waals surface area (Å²) in [6.07, 6.45) is 0. The zero-order valence-electron chi connectivity index (χ0n) is 11.3. The lowest BCUT2D eigenvalue weighted by Crippen LogP contribution is -2.35. The van der Waals surface area contributed by atoms with Crippen molar-refractivity contribution in [1.29, 1.82) is 0 Å². The van der Waals surface area contributed by atoms with Gasteiger partial charge in [0.25, 0.3) is 0 Å². The van der Waals surface area contributed by atoms with Gasteiger partial charge in [-0.05, 0) is 55.2 Å². The van der Waals surface area contributed by atoms with Crippen molar-refractivity contribution in [3.05, 3.63) is 70.3 Å². The van der Waals surface area contributed by atoms with Crippen LogP contribution in [0.3, 0.4) is 0 Å². The van der Waals surface area contributed by atoms with Crippen LogP contribution in [0.25, 0.3) is 0 Å². The molecule has 100 valence electrons. The average Bonchev–Trinajstić information content (AvgIpc) is 2.31. The third-order valence-corrected chi connectivity index (χ3v) is 3.63. The van der Waals surface area contributed by atoms with Crippen molar-refractivity contribution in [1.82, 2.24) is 0 Å². The van der Waals surface area contributed by atoms with E-state index in [0.29, 0.717) is 5.56 Å². The summed E-state index contributed by atoms with van der Waals surface area (Å²) in [5, 5.41) is 0. The van der Waals surface area contributed by atoms with Crippen LogP contribution in [-0.2, 0) is 5.54 Å². The van der Waals surface area contributed by atoms with Crippen LogP contribution in [0.15, 0.2) is 36.4 Å². The van der Waals surface area contributed by atoms with E-state index in [4.69, 9.17) is 5.73 Å². The fourth-order valence-corrected chi connectivity index (χ4v) is 2.32. The Kier molecular flexibility index (Phi) is 3.42. The van der Waals surface area contributed by atoms with Gasteiger partial charge in [0.1, 0.15) is 11.6 Å². The lowest BCUT2D eigenvalue weighted by molar-refractivity contribution is 0.549. The highest BCUT2D eigenvalue weighted by molar-refractivity contribution is 5.44. The molecule has 1 unspecified atom stereocenters. The summed E-state index contributed by atoms with van der Waals surface area (Å²) in [6, 6.07) is 9.20. The first-order valence-corrected chi connectivity index (χ1v) is 6.14. The standard InChI is InChI=1S/C16H17F2N/c1-10-5-4-6-15(11(10)2)16(3,19)12-7-13(17)9-14(18)8-12/h4-9H,19H2,1-3H3.